The lowest BCUT2D eigenvalue weighted by Crippen LogP contribution is -2.45. The van der Waals surface area contributed by atoms with E-state index in [4.69, 9.17) is 9.47 Å². The van der Waals surface area contributed by atoms with Gasteiger partial charge in [0.1, 0.15) is 5.75 Å². The second-order valence-corrected chi connectivity index (χ2v) is 5.84. The molecule has 5 heteroatoms. The predicted molar refractivity (Wildman–Crippen MR) is 95.3 cm³/mol. The number of hydrogen-bond acceptors (Lipinski definition) is 4. The van der Waals surface area contributed by atoms with E-state index in [9.17, 15) is 4.79 Å². The summed E-state index contributed by atoms with van der Waals surface area (Å²) in [7, 11) is 1.64. The number of carbonyl (C=O) groups is 1. The van der Waals surface area contributed by atoms with E-state index >= 15 is 0 Å². The molecule has 0 aromatic heterocycles. The first-order valence-electron chi connectivity index (χ1n) is 7.79. The summed E-state index contributed by atoms with van der Waals surface area (Å²) in [4.78, 5) is 14.3. The average molecular weight is 340 g/mol. The quantitative estimate of drug-likeness (QED) is 0.746. The second kappa shape index (κ2) is 9.71. The largest absolute Gasteiger partial charge is 0.497 e. The zero-order valence-electron chi connectivity index (χ0n) is 14.0. The van der Waals surface area contributed by atoms with Crippen molar-refractivity contribution in [3.63, 3.8) is 0 Å². The summed E-state index contributed by atoms with van der Waals surface area (Å²) >= 11 is 0. The molecular formula is C18H26ClNO3. The van der Waals surface area contributed by atoms with Crippen LogP contribution in [0.25, 0.3) is 6.08 Å². The fourth-order valence-corrected chi connectivity index (χ4v) is 2.72. The van der Waals surface area contributed by atoms with Crippen LogP contribution >= 0.6 is 12.4 Å². The standard InChI is InChI=1S/C18H25NO3.ClH/c1-14-12-19(13-15(2)22-14)11-10-17(20)7-4-16-5-8-18(21-3)9-6-16;/h4-9,14-15H,10-13H2,1-3H3;1H. The van der Waals surface area contributed by atoms with E-state index in [1.165, 1.54) is 0 Å². The van der Waals surface area contributed by atoms with Crippen LogP contribution in [0.3, 0.4) is 0 Å². The van der Waals surface area contributed by atoms with E-state index in [2.05, 4.69) is 18.7 Å². The summed E-state index contributed by atoms with van der Waals surface area (Å²) < 4.78 is 10.8. The van der Waals surface area contributed by atoms with Crippen LogP contribution in [0, 0.1) is 0 Å². The van der Waals surface area contributed by atoms with Crippen LogP contribution < -0.4 is 4.74 Å². The normalized spacial score (nSPS) is 21.9. The second-order valence-electron chi connectivity index (χ2n) is 5.84. The summed E-state index contributed by atoms with van der Waals surface area (Å²) in [5, 5.41) is 0. The van der Waals surface area contributed by atoms with E-state index < -0.39 is 0 Å². The van der Waals surface area contributed by atoms with Gasteiger partial charge in [0.25, 0.3) is 0 Å². The molecule has 0 radical (unpaired) electrons. The lowest BCUT2D eigenvalue weighted by Gasteiger charge is -2.35. The van der Waals surface area contributed by atoms with Gasteiger partial charge in [-0.2, -0.15) is 0 Å². The minimum atomic E-state index is 0. The fourth-order valence-electron chi connectivity index (χ4n) is 2.72. The van der Waals surface area contributed by atoms with Gasteiger partial charge in [-0.15, -0.1) is 12.4 Å². The highest BCUT2D eigenvalue weighted by Gasteiger charge is 2.21. The van der Waals surface area contributed by atoms with Gasteiger partial charge >= 0.3 is 0 Å². The van der Waals surface area contributed by atoms with Crippen molar-refractivity contribution in [2.45, 2.75) is 32.5 Å². The molecule has 1 aromatic carbocycles. The third-order valence-corrected chi connectivity index (χ3v) is 3.75. The van der Waals surface area contributed by atoms with Gasteiger partial charge in [-0.05, 0) is 37.6 Å². The van der Waals surface area contributed by atoms with Crippen molar-refractivity contribution in [1.29, 1.82) is 0 Å². The molecule has 2 rings (SSSR count). The molecule has 4 nitrogen and oxygen atoms in total. The number of allylic oxidation sites excluding steroid dienone is 1. The Morgan fingerprint density at radius 2 is 1.87 bits per heavy atom. The monoisotopic (exact) mass is 339 g/mol. The Morgan fingerprint density at radius 3 is 2.43 bits per heavy atom. The summed E-state index contributed by atoms with van der Waals surface area (Å²) in [6, 6.07) is 7.66. The van der Waals surface area contributed by atoms with Crippen LogP contribution in [0.5, 0.6) is 5.75 Å². The van der Waals surface area contributed by atoms with Crippen molar-refractivity contribution in [3.8, 4) is 5.75 Å². The Hall–Kier alpha value is -1.36. The minimum absolute atomic E-state index is 0. The molecule has 1 fully saturated rings. The molecule has 1 aromatic rings. The van der Waals surface area contributed by atoms with E-state index in [1.54, 1.807) is 13.2 Å². The molecule has 2 atom stereocenters. The van der Waals surface area contributed by atoms with Gasteiger partial charge in [-0.1, -0.05) is 18.2 Å². The van der Waals surface area contributed by atoms with Gasteiger partial charge < -0.3 is 9.47 Å². The third-order valence-electron chi connectivity index (χ3n) is 3.75. The topological polar surface area (TPSA) is 38.8 Å². The van der Waals surface area contributed by atoms with Gasteiger partial charge in [0.05, 0.1) is 19.3 Å². The van der Waals surface area contributed by atoms with Gasteiger partial charge in [0.15, 0.2) is 5.78 Å². The molecular weight excluding hydrogens is 314 g/mol. The molecule has 1 saturated heterocycles. The molecule has 0 spiro atoms. The molecule has 0 bridgehead atoms. The number of ketones is 1. The molecule has 23 heavy (non-hydrogen) atoms. The number of methoxy groups -OCH3 is 1. The van der Waals surface area contributed by atoms with E-state index in [1.807, 2.05) is 30.3 Å². The number of rotatable bonds is 6. The van der Waals surface area contributed by atoms with E-state index in [0.717, 1.165) is 30.9 Å². The Morgan fingerprint density at radius 1 is 1.26 bits per heavy atom. The lowest BCUT2D eigenvalue weighted by atomic mass is 10.1. The molecule has 0 saturated carbocycles. The van der Waals surface area contributed by atoms with Gasteiger partial charge in [0.2, 0.25) is 0 Å². The summed E-state index contributed by atoms with van der Waals surface area (Å²) in [6.07, 6.45) is 4.55. The number of hydrogen-bond donors (Lipinski definition) is 0. The first kappa shape index (κ1) is 19.7. The van der Waals surface area contributed by atoms with E-state index in [0.29, 0.717) is 6.42 Å². The molecule has 1 aliphatic rings. The summed E-state index contributed by atoms with van der Waals surface area (Å²) in [5.41, 5.74) is 1.00. The Balaban J connectivity index is 0.00000264. The van der Waals surface area contributed by atoms with Crippen molar-refractivity contribution in [2.24, 2.45) is 0 Å². The van der Waals surface area contributed by atoms with Crippen molar-refractivity contribution in [2.75, 3.05) is 26.7 Å². The number of nitrogens with zero attached hydrogens (tertiary/aromatic N) is 1. The number of benzene rings is 1. The van der Waals surface area contributed by atoms with Crippen molar-refractivity contribution in [3.05, 3.63) is 35.9 Å². The number of halogens is 1. The number of ether oxygens (including phenoxy) is 2. The highest BCUT2D eigenvalue weighted by molar-refractivity contribution is 5.93. The van der Waals surface area contributed by atoms with Crippen molar-refractivity contribution in [1.82, 2.24) is 4.90 Å². The zero-order valence-corrected chi connectivity index (χ0v) is 14.8. The predicted octanol–water partition coefficient (Wildman–Crippen LogP) is 3.20. The van der Waals surface area contributed by atoms with Crippen LogP contribution in [-0.2, 0) is 9.53 Å². The Labute approximate surface area is 144 Å². The maximum atomic E-state index is 12.0. The highest BCUT2D eigenvalue weighted by atomic mass is 35.5. The number of carbonyl (C=O) groups excluding carboxylic acids is 1. The van der Waals surface area contributed by atoms with Crippen LogP contribution in [-0.4, -0.2) is 49.6 Å². The first-order valence-corrected chi connectivity index (χ1v) is 7.79. The van der Waals surface area contributed by atoms with E-state index in [-0.39, 0.29) is 30.4 Å². The molecule has 128 valence electrons. The first-order chi connectivity index (χ1) is 10.6. The lowest BCUT2D eigenvalue weighted by molar-refractivity contribution is -0.116. The van der Waals surface area contributed by atoms with Gasteiger partial charge in [-0.3, -0.25) is 9.69 Å². The van der Waals surface area contributed by atoms with Crippen LogP contribution in [0.4, 0.5) is 0 Å². The van der Waals surface area contributed by atoms with Crippen LogP contribution in [0.1, 0.15) is 25.8 Å². The summed E-state index contributed by atoms with van der Waals surface area (Å²) in [6.45, 7) is 6.76. The van der Waals surface area contributed by atoms with Crippen molar-refractivity contribution < 1.29 is 14.3 Å². The molecule has 1 aliphatic heterocycles. The molecule has 1 heterocycles. The summed E-state index contributed by atoms with van der Waals surface area (Å²) in [5.74, 6) is 0.974. The number of morpholine rings is 1. The molecule has 0 aliphatic carbocycles. The molecule has 2 unspecified atom stereocenters. The zero-order chi connectivity index (χ0) is 15.9. The van der Waals surface area contributed by atoms with Crippen molar-refractivity contribution >= 4 is 24.3 Å². The maximum absolute atomic E-state index is 12.0. The highest BCUT2D eigenvalue weighted by Crippen LogP contribution is 2.13. The Bertz CT molecular complexity index is 506. The molecule has 0 amide bonds. The average Bonchev–Trinajstić information content (AvgIpc) is 2.50. The minimum Gasteiger partial charge on any atom is -0.497 e. The smallest absolute Gasteiger partial charge is 0.156 e. The fraction of sp³-hybridized carbons (Fsp3) is 0.500. The third kappa shape index (κ3) is 6.73. The Kier molecular flexibility index (Phi) is 8.31. The van der Waals surface area contributed by atoms with Gasteiger partial charge in [-0.25, -0.2) is 0 Å². The SMILES string of the molecule is COc1ccc(C=CC(=O)CCN2CC(C)OC(C)C2)cc1.Cl. The van der Waals surface area contributed by atoms with Gasteiger partial charge in [0, 0.05) is 26.1 Å². The van der Waals surface area contributed by atoms with Crippen LogP contribution in [0.2, 0.25) is 0 Å². The maximum Gasteiger partial charge on any atom is 0.156 e. The molecule has 0 N–H and O–H groups in total. The van der Waals surface area contributed by atoms with Crippen LogP contribution in [0.15, 0.2) is 30.3 Å².